The third-order valence-corrected chi connectivity index (χ3v) is 5.66. The number of anilines is 1. The Morgan fingerprint density at radius 1 is 1.21 bits per heavy atom. The van der Waals surface area contributed by atoms with Crippen molar-refractivity contribution < 1.29 is 4.79 Å². The zero-order valence-electron chi connectivity index (χ0n) is 16.4. The Hall–Kier alpha value is -2.86. The van der Waals surface area contributed by atoms with E-state index in [0.29, 0.717) is 6.04 Å². The summed E-state index contributed by atoms with van der Waals surface area (Å²) in [5, 5.41) is 14.4. The average molecular weight is 377 g/mol. The standard InChI is InChI=1S/C22H27N5O/c1-15-18-14-17(11-12-19(18)26-25-15)23-22(28)24-21(16-8-4-3-5-9-16)20-10-6-7-13-27(20)2/h3-5,8-9,11-12,14,20-21H,6-7,10,13H2,1-2H3,(H,25,26)(H2,23,24,28)/t20-,21-/m0/s1. The molecule has 6 heteroatoms. The van der Waals surface area contributed by atoms with E-state index in [1.54, 1.807) is 0 Å². The van der Waals surface area contributed by atoms with Crippen LogP contribution in [0.1, 0.15) is 36.6 Å². The molecule has 2 amide bonds. The Labute approximate surface area is 165 Å². The maximum absolute atomic E-state index is 12.8. The van der Waals surface area contributed by atoms with Gasteiger partial charge in [0.15, 0.2) is 0 Å². The third kappa shape index (κ3) is 3.87. The number of piperidine rings is 1. The van der Waals surface area contributed by atoms with Crippen LogP contribution < -0.4 is 10.6 Å². The number of likely N-dealkylation sites (N-methyl/N-ethyl adjacent to an activating group) is 1. The molecule has 146 valence electrons. The fraction of sp³-hybridized carbons (Fsp3) is 0.364. The van der Waals surface area contributed by atoms with Crippen molar-refractivity contribution >= 4 is 22.6 Å². The Kier molecular flexibility index (Phi) is 5.30. The van der Waals surface area contributed by atoms with E-state index in [9.17, 15) is 4.79 Å². The number of amides is 2. The minimum atomic E-state index is -0.187. The second-order valence-electron chi connectivity index (χ2n) is 7.61. The predicted octanol–water partition coefficient (Wildman–Crippen LogP) is 4.22. The minimum Gasteiger partial charge on any atom is -0.329 e. The lowest BCUT2D eigenvalue weighted by Crippen LogP contribution is -2.47. The van der Waals surface area contributed by atoms with Gasteiger partial charge in [0, 0.05) is 22.8 Å². The topological polar surface area (TPSA) is 73.0 Å². The van der Waals surface area contributed by atoms with Crippen LogP contribution in [-0.2, 0) is 0 Å². The summed E-state index contributed by atoms with van der Waals surface area (Å²) >= 11 is 0. The number of hydrogen-bond acceptors (Lipinski definition) is 3. The molecule has 1 saturated heterocycles. The minimum absolute atomic E-state index is 0.0501. The van der Waals surface area contributed by atoms with Gasteiger partial charge in [0.05, 0.1) is 11.6 Å². The van der Waals surface area contributed by atoms with Crippen molar-refractivity contribution in [3.05, 3.63) is 59.8 Å². The number of carbonyl (C=O) groups excluding carboxylic acids is 1. The number of aromatic nitrogens is 2. The van der Waals surface area contributed by atoms with Crippen LogP contribution in [0, 0.1) is 6.92 Å². The van der Waals surface area contributed by atoms with Crippen molar-refractivity contribution in [3.63, 3.8) is 0 Å². The number of hydrogen-bond donors (Lipinski definition) is 3. The zero-order valence-corrected chi connectivity index (χ0v) is 16.4. The molecule has 0 radical (unpaired) electrons. The first-order valence-electron chi connectivity index (χ1n) is 9.89. The van der Waals surface area contributed by atoms with E-state index >= 15 is 0 Å². The monoisotopic (exact) mass is 377 g/mol. The van der Waals surface area contributed by atoms with Gasteiger partial charge in [-0.1, -0.05) is 36.8 Å². The molecule has 0 bridgehead atoms. The number of rotatable bonds is 4. The summed E-state index contributed by atoms with van der Waals surface area (Å²) in [4.78, 5) is 15.2. The van der Waals surface area contributed by atoms with Crippen LogP contribution in [0.4, 0.5) is 10.5 Å². The number of aryl methyl sites for hydroxylation is 1. The van der Waals surface area contributed by atoms with E-state index in [-0.39, 0.29) is 12.1 Å². The van der Waals surface area contributed by atoms with Gasteiger partial charge in [0.1, 0.15) is 0 Å². The van der Waals surface area contributed by atoms with Crippen LogP contribution in [0.2, 0.25) is 0 Å². The number of fused-ring (bicyclic) bond motifs is 1. The highest BCUT2D eigenvalue weighted by Crippen LogP contribution is 2.28. The van der Waals surface area contributed by atoms with Gasteiger partial charge in [0.25, 0.3) is 0 Å². The van der Waals surface area contributed by atoms with E-state index < -0.39 is 0 Å². The molecule has 1 aromatic heterocycles. The van der Waals surface area contributed by atoms with Crippen LogP contribution in [0.3, 0.4) is 0 Å². The van der Waals surface area contributed by atoms with Crippen molar-refractivity contribution in [3.8, 4) is 0 Å². The molecule has 4 rings (SSSR count). The van der Waals surface area contributed by atoms with Crippen LogP contribution in [0.15, 0.2) is 48.5 Å². The summed E-state index contributed by atoms with van der Waals surface area (Å²) in [5.74, 6) is 0. The molecule has 0 aliphatic carbocycles. The first-order chi connectivity index (χ1) is 13.6. The van der Waals surface area contributed by atoms with Crippen LogP contribution in [0.5, 0.6) is 0 Å². The Bertz CT molecular complexity index is 952. The summed E-state index contributed by atoms with van der Waals surface area (Å²) in [6.07, 6.45) is 3.49. The molecule has 2 atom stereocenters. The maximum Gasteiger partial charge on any atom is 0.319 e. The number of likely N-dealkylation sites (tertiary alicyclic amines) is 1. The van der Waals surface area contributed by atoms with Gasteiger partial charge in [0.2, 0.25) is 0 Å². The van der Waals surface area contributed by atoms with Gasteiger partial charge in [-0.3, -0.25) is 5.10 Å². The van der Waals surface area contributed by atoms with Gasteiger partial charge in [-0.05, 0) is 57.1 Å². The summed E-state index contributed by atoms with van der Waals surface area (Å²) < 4.78 is 0. The van der Waals surface area contributed by atoms with Gasteiger partial charge in [-0.2, -0.15) is 5.10 Å². The summed E-state index contributed by atoms with van der Waals surface area (Å²) in [6, 6.07) is 16.1. The maximum atomic E-state index is 12.8. The molecule has 2 heterocycles. The van der Waals surface area contributed by atoms with E-state index in [1.165, 1.54) is 12.8 Å². The number of H-pyrrole nitrogens is 1. The normalized spacial score (nSPS) is 18.7. The third-order valence-electron chi connectivity index (χ3n) is 5.66. The van der Waals surface area contributed by atoms with Crippen molar-refractivity contribution in [1.29, 1.82) is 0 Å². The number of nitrogens with one attached hydrogen (secondary N) is 3. The number of benzene rings is 2. The molecule has 3 aromatic rings. The van der Waals surface area contributed by atoms with Gasteiger partial charge < -0.3 is 15.5 Å². The second kappa shape index (κ2) is 8.02. The molecule has 28 heavy (non-hydrogen) atoms. The highest BCUT2D eigenvalue weighted by molar-refractivity contribution is 5.93. The fourth-order valence-corrected chi connectivity index (χ4v) is 4.11. The number of urea groups is 1. The Morgan fingerprint density at radius 3 is 2.82 bits per heavy atom. The van der Waals surface area contributed by atoms with E-state index in [1.807, 2.05) is 43.3 Å². The zero-order chi connectivity index (χ0) is 19.5. The molecule has 1 aliphatic heterocycles. The molecule has 0 saturated carbocycles. The van der Waals surface area contributed by atoms with Gasteiger partial charge in [-0.25, -0.2) is 4.79 Å². The van der Waals surface area contributed by atoms with E-state index in [0.717, 1.165) is 40.8 Å². The molecule has 0 unspecified atom stereocenters. The van der Waals surface area contributed by atoms with Crippen molar-refractivity contribution in [1.82, 2.24) is 20.4 Å². The lowest BCUT2D eigenvalue weighted by Gasteiger charge is -2.38. The summed E-state index contributed by atoms with van der Waals surface area (Å²) in [7, 11) is 2.15. The molecule has 6 nitrogen and oxygen atoms in total. The van der Waals surface area contributed by atoms with Crippen molar-refractivity contribution in [2.75, 3.05) is 18.9 Å². The number of nitrogens with zero attached hydrogens (tertiary/aromatic N) is 2. The second-order valence-corrected chi connectivity index (χ2v) is 7.61. The molecule has 2 aromatic carbocycles. The smallest absolute Gasteiger partial charge is 0.319 e. The van der Waals surface area contributed by atoms with E-state index in [2.05, 4.69) is 44.9 Å². The first kappa shape index (κ1) is 18.5. The van der Waals surface area contributed by atoms with E-state index in [4.69, 9.17) is 0 Å². The van der Waals surface area contributed by atoms with Crippen molar-refractivity contribution in [2.45, 2.75) is 38.3 Å². The lowest BCUT2D eigenvalue weighted by molar-refractivity contribution is 0.147. The molecular weight excluding hydrogens is 350 g/mol. The highest BCUT2D eigenvalue weighted by atomic mass is 16.2. The molecule has 3 N–H and O–H groups in total. The Morgan fingerprint density at radius 2 is 2.04 bits per heavy atom. The van der Waals surface area contributed by atoms with Crippen LogP contribution in [-0.4, -0.2) is 40.8 Å². The molecule has 1 fully saturated rings. The first-order valence-corrected chi connectivity index (χ1v) is 9.89. The Balaban J connectivity index is 1.53. The predicted molar refractivity (Wildman–Crippen MR) is 112 cm³/mol. The number of carbonyl (C=O) groups is 1. The largest absolute Gasteiger partial charge is 0.329 e. The van der Waals surface area contributed by atoms with Crippen molar-refractivity contribution in [2.24, 2.45) is 0 Å². The highest BCUT2D eigenvalue weighted by Gasteiger charge is 2.30. The summed E-state index contributed by atoms with van der Waals surface area (Å²) in [5.41, 5.74) is 3.79. The lowest BCUT2D eigenvalue weighted by atomic mass is 9.91. The fourth-order valence-electron chi connectivity index (χ4n) is 4.11. The van der Waals surface area contributed by atoms with Gasteiger partial charge in [-0.15, -0.1) is 0 Å². The molecular formula is C22H27N5O. The van der Waals surface area contributed by atoms with Crippen LogP contribution >= 0.6 is 0 Å². The number of aromatic amines is 1. The summed E-state index contributed by atoms with van der Waals surface area (Å²) in [6.45, 7) is 3.04. The average Bonchev–Trinajstić information content (AvgIpc) is 3.08. The van der Waals surface area contributed by atoms with Gasteiger partial charge >= 0.3 is 6.03 Å². The quantitative estimate of drug-likeness (QED) is 0.637. The SMILES string of the molecule is Cc1[nH]nc2ccc(NC(=O)N[C@@H](c3ccccc3)[C@@H]3CCCCN3C)cc12. The molecule has 0 spiro atoms. The molecule has 1 aliphatic rings. The van der Waals surface area contributed by atoms with Crippen LogP contribution in [0.25, 0.3) is 10.9 Å².